The van der Waals surface area contributed by atoms with Gasteiger partial charge in [0, 0.05) is 24.2 Å². The molecule has 2 unspecified atom stereocenters. The van der Waals surface area contributed by atoms with E-state index in [1.165, 1.54) is 6.42 Å². The van der Waals surface area contributed by atoms with Crippen LogP contribution in [-0.2, 0) is 0 Å². The lowest BCUT2D eigenvalue weighted by Crippen LogP contribution is -2.49. The van der Waals surface area contributed by atoms with Crippen molar-refractivity contribution in [2.75, 3.05) is 19.7 Å². The monoisotopic (exact) mass is 270 g/mol. The van der Waals surface area contributed by atoms with Gasteiger partial charge in [-0.2, -0.15) is 0 Å². The Bertz CT molecular complexity index is 255. The third kappa shape index (κ3) is 4.73. The van der Waals surface area contributed by atoms with Crippen LogP contribution in [0.4, 0.5) is 0 Å². The zero-order valence-corrected chi connectivity index (χ0v) is 13.6. The molecule has 0 aromatic rings. The summed E-state index contributed by atoms with van der Waals surface area (Å²) in [5.41, 5.74) is -0.0230. The van der Waals surface area contributed by atoms with E-state index >= 15 is 0 Å². The van der Waals surface area contributed by atoms with Gasteiger partial charge in [0.1, 0.15) is 0 Å². The number of rotatable bonds is 8. The molecule has 1 aliphatic carbocycles. The molecule has 1 rings (SSSR count). The van der Waals surface area contributed by atoms with Gasteiger partial charge in [-0.3, -0.25) is 4.90 Å². The largest absolute Gasteiger partial charge is 0.394 e. The van der Waals surface area contributed by atoms with E-state index in [4.69, 9.17) is 0 Å². The van der Waals surface area contributed by atoms with Crippen molar-refractivity contribution in [3.63, 3.8) is 0 Å². The Labute approximate surface area is 119 Å². The molecule has 1 aliphatic rings. The van der Waals surface area contributed by atoms with Crippen molar-refractivity contribution in [3.8, 4) is 0 Å². The van der Waals surface area contributed by atoms with Crippen molar-refractivity contribution >= 4 is 0 Å². The Morgan fingerprint density at radius 3 is 2.47 bits per heavy atom. The molecular weight excluding hydrogens is 236 g/mol. The molecule has 0 saturated heterocycles. The Morgan fingerprint density at radius 2 is 2.00 bits per heavy atom. The number of hydrogen-bond donors (Lipinski definition) is 2. The van der Waals surface area contributed by atoms with Gasteiger partial charge in [-0.1, -0.05) is 20.8 Å². The van der Waals surface area contributed by atoms with Crippen LogP contribution in [0, 0.1) is 5.92 Å². The molecule has 0 aromatic carbocycles. The van der Waals surface area contributed by atoms with Crippen LogP contribution in [0.3, 0.4) is 0 Å². The molecule has 0 amide bonds. The number of hydrogen-bond acceptors (Lipinski definition) is 3. The van der Waals surface area contributed by atoms with Crippen LogP contribution >= 0.6 is 0 Å². The average molecular weight is 270 g/mol. The first-order valence-electron chi connectivity index (χ1n) is 8.05. The fourth-order valence-corrected chi connectivity index (χ4v) is 3.33. The second-order valence-electron chi connectivity index (χ2n) is 6.95. The smallest absolute Gasteiger partial charge is 0.0613 e. The van der Waals surface area contributed by atoms with E-state index in [9.17, 15) is 5.11 Å². The third-order valence-electron chi connectivity index (χ3n) is 4.34. The number of aliphatic hydroxyl groups is 1. The molecule has 2 atom stereocenters. The fourth-order valence-electron chi connectivity index (χ4n) is 3.33. The molecule has 19 heavy (non-hydrogen) atoms. The summed E-state index contributed by atoms with van der Waals surface area (Å²) in [5, 5.41) is 13.4. The Hall–Kier alpha value is -0.120. The molecule has 114 valence electrons. The number of nitrogens with one attached hydrogen (secondary N) is 1. The van der Waals surface area contributed by atoms with Crippen molar-refractivity contribution < 1.29 is 5.11 Å². The predicted octanol–water partition coefficient (Wildman–Crippen LogP) is 2.64. The van der Waals surface area contributed by atoms with Crippen molar-refractivity contribution in [2.45, 2.75) is 77.9 Å². The quantitative estimate of drug-likeness (QED) is 0.712. The van der Waals surface area contributed by atoms with E-state index in [0.29, 0.717) is 18.0 Å². The van der Waals surface area contributed by atoms with Crippen LogP contribution in [0.5, 0.6) is 0 Å². The second-order valence-corrected chi connectivity index (χ2v) is 6.95. The molecule has 0 bridgehead atoms. The Morgan fingerprint density at radius 1 is 1.32 bits per heavy atom. The molecular formula is C16H34N2O. The molecule has 0 spiro atoms. The minimum atomic E-state index is -0.0230. The summed E-state index contributed by atoms with van der Waals surface area (Å²) in [7, 11) is 0. The van der Waals surface area contributed by atoms with Gasteiger partial charge < -0.3 is 10.4 Å². The first kappa shape index (κ1) is 16.9. The van der Waals surface area contributed by atoms with E-state index < -0.39 is 0 Å². The molecule has 0 aliphatic heterocycles. The summed E-state index contributed by atoms with van der Waals surface area (Å²) in [6.07, 6.45) is 4.54. The van der Waals surface area contributed by atoms with Crippen LogP contribution < -0.4 is 5.32 Å². The number of nitrogens with zero attached hydrogens (tertiary/aromatic N) is 1. The summed E-state index contributed by atoms with van der Waals surface area (Å²) in [4.78, 5) is 2.63. The van der Waals surface area contributed by atoms with Crippen LogP contribution in [0.15, 0.2) is 0 Å². The predicted molar refractivity (Wildman–Crippen MR) is 82.4 cm³/mol. The maximum atomic E-state index is 9.78. The maximum absolute atomic E-state index is 9.78. The lowest BCUT2D eigenvalue weighted by molar-refractivity contribution is 0.114. The van der Waals surface area contributed by atoms with Crippen molar-refractivity contribution in [2.24, 2.45) is 5.92 Å². The van der Waals surface area contributed by atoms with Crippen LogP contribution in [0.2, 0.25) is 0 Å². The third-order valence-corrected chi connectivity index (χ3v) is 4.34. The van der Waals surface area contributed by atoms with Gasteiger partial charge in [0.25, 0.3) is 0 Å². The highest BCUT2D eigenvalue weighted by atomic mass is 16.3. The van der Waals surface area contributed by atoms with Crippen LogP contribution in [-0.4, -0.2) is 47.3 Å². The van der Waals surface area contributed by atoms with Crippen LogP contribution in [0.25, 0.3) is 0 Å². The van der Waals surface area contributed by atoms with Gasteiger partial charge in [-0.25, -0.2) is 0 Å². The minimum Gasteiger partial charge on any atom is -0.394 e. The molecule has 0 aromatic heterocycles. The fraction of sp³-hybridized carbons (Fsp3) is 1.00. The van der Waals surface area contributed by atoms with Gasteiger partial charge in [-0.15, -0.1) is 0 Å². The Kier molecular flexibility index (Phi) is 6.78. The summed E-state index contributed by atoms with van der Waals surface area (Å²) in [5.74, 6) is 0.704. The van der Waals surface area contributed by atoms with Crippen molar-refractivity contribution in [1.82, 2.24) is 10.2 Å². The standard InChI is InChI=1S/C16H34N2O/c1-6-9-17-16(12-19)8-7-15(10-16)18(14(4)5)11-13(2)3/h13-15,17,19H,6-12H2,1-5H3. The molecule has 1 saturated carbocycles. The molecule has 3 nitrogen and oxygen atoms in total. The van der Waals surface area contributed by atoms with Gasteiger partial charge in [-0.05, 0) is 52.0 Å². The minimum absolute atomic E-state index is 0.0230. The SMILES string of the molecule is CCCNC1(CO)CCC(N(CC(C)C)C(C)C)C1. The van der Waals surface area contributed by atoms with Gasteiger partial charge in [0.15, 0.2) is 0 Å². The van der Waals surface area contributed by atoms with E-state index in [2.05, 4.69) is 44.8 Å². The zero-order chi connectivity index (χ0) is 14.5. The summed E-state index contributed by atoms with van der Waals surface area (Å²) in [6, 6.07) is 1.21. The van der Waals surface area contributed by atoms with Crippen LogP contribution in [0.1, 0.15) is 60.3 Å². The van der Waals surface area contributed by atoms with Gasteiger partial charge >= 0.3 is 0 Å². The lowest BCUT2D eigenvalue weighted by atomic mass is 9.97. The van der Waals surface area contributed by atoms with Gasteiger partial charge in [0.2, 0.25) is 0 Å². The molecule has 0 radical (unpaired) electrons. The summed E-state index contributed by atoms with van der Waals surface area (Å²) < 4.78 is 0. The maximum Gasteiger partial charge on any atom is 0.0613 e. The second kappa shape index (κ2) is 7.61. The highest BCUT2D eigenvalue weighted by molar-refractivity contribution is 5.00. The first-order valence-corrected chi connectivity index (χ1v) is 8.05. The van der Waals surface area contributed by atoms with Gasteiger partial charge in [0.05, 0.1) is 6.61 Å². The lowest BCUT2D eigenvalue weighted by Gasteiger charge is -2.36. The molecule has 3 heteroatoms. The highest BCUT2D eigenvalue weighted by Crippen LogP contribution is 2.34. The van der Waals surface area contributed by atoms with Crippen molar-refractivity contribution in [1.29, 1.82) is 0 Å². The summed E-state index contributed by atoms with van der Waals surface area (Å²) in [6.45, 7) is 13.8. The van der Waals surface area contributed by atoms with E-state index in [1.807, 2.05) is 0 Å². The molecule has 1 fully saturated rings. The Balaban J connectivity index is 2.65. The average Bonchev–Trinajstić information content (AvgIpc) is 2.78. The molecule has 2 N–H and O–H groups in total. The topological polar surface area (TPSA) is 35.5 Å². The normalized spacial score (nSPS) is 27.9. The van der Waals surface area contributed by atoms with E-state index in [0.717, 1.165) is 32.4 Å². The molecule has 0 heterocycles. The first-order chi connectivity index (χ1) is 8.94. The summed E-state index contributed by atoms with van der Waals surface area (Å²) >= 11 is 0. The van der Waals surface area contributed by atoms with E-state index in [1.54, 1.807) is 0 Å². The zero-order valence-electron chi connectivity index (χ0n) is 13.6. The van der Waals surface area contributed by atoms with E-state index in [-0.39, 0.29) is 12.1 Å². The highest BCUT2D eigenvalue weighted by Gasteiger charge is 2.40. The van der Waals surface area contributed by atoms with Crippen molar-refractivity contribution in [3.05, 3.63) is 0 Å². The number of aliphatic hydroxyl groups excluding tert-OH is 1.